The summed E-state index contributed by atoms with van der Waals surface area (Å²) >= 11 is 4.50. The quantitative estimate of drug-likeness (QED) is 0.619. The van der Waals surface area contributed by atoms with Gasteiger partial charge in [0.25, 0.3) is 0 Å². The molecule has 1 N–H and O–H groups in total. The molecule has 0 saturated heterocycles. The van der Waals surface area contributed by atoms with Crippen LogP contribution in [0.25, 0.3) is 0 Å². The molecule has 0 bridgehead atoms. The number of rotatable bonds is 1. The van der Waals surface area contributed by atoms with E-state index in [0.717, 1.165) is 0 Å². The van der Waals surface area contributed by atoms with E-state index >= 15 is 0 Å². The number of nitriles is 1. The van der Waals surface area contributed by atoms with Crippen LogP contribution in [0.4, 0.5) is 0 Å². The van der Waals surface area contributed by atoms with Crippen LogP contribution in [0.3, 0.4) is 0 Å². The van der Waals surface area contributed by atoms with Crippen LogP contribution in [0.2, 0.25) is 0 Å². The Morgan fingerprint density at radius 2 is 2.55 bits per heavy atom. The second-order valence-electron chi connectivity index (χ2n) is 1.97. The minimum absolute atomic E-state index is 0.153. The molecule has 0 spiro atoms. The van der Waals surface area contributed by atoms with Crippen LogP contribution in [-0.2, 0) is 7.05 Å². The van der Waals surface area contributed by atoms with Crippen LogP contribution in [0.5, 0.6) is 0 Å². The molecule has 1 heterocycles. The van der Waals surface area contributed by atoms with Gasteiger partial charge in [-0.15, -0.1) is 0 Å². The van der Waals surface area contributed by atoms with Crippen molar-refractivity contribution in [2.24, 2.45) is 7.05 Å². The highest BCUT2D eigenvalue weighted by Crippen LogP contribution is 2.04. The van der Waals surface area contributed by atoms with Crippen molar-refractivity contribution in [3.05, 3.63) is 17.7 Å². The van der Waals surface area contributed by atoms with Crippen molar-refractivity contribution in [2.75, 3.05) is 0 Å². The molecule has 4 nitrogen and oxygen atoms in total. The second-order valence-corrected chi connectivity index (χ2v) is 2.36. The first-order chi connectivity index (χ1) is 5.16. The monoisotopic (exact) mass is 167 g/mol. The Morgan fingerprint density at radius 1 is 1.91 bits per heavy atom. The summed E-state index contributed by atoms with van der Waals surface area (Å²) < 4.78 is 1.50. The maximum atomic E-state index is 8.92. The van der Waals surface area contributed by atoms with Gasteiger partial charge in [-0.3, -0.25) is 0 Å². The normalized spacial score (nSPS) is 9.09. The van der Waals surface area contributed by atoms with E-state index in [-0.39, 0.29) is 10.7 Å². The third-order valence-corrected chi connectivity index (χ3v) is 1.44. The third kappa shape index (κ3) is 1.21. The fraction of sp³-hybridized carbons (Fsp3) is 0.167. The molecule has 0 aliphatic heterocycles. The summed E-state index contributed by atoms with van der Waals surface area (Å²) in [6, 6.07) is 1.82. The number of aliphatic hydroxyl groups is 1. The largest absolute Gasteiger partial charge is 0.497 e. The van der Waals surface area contributed by atoms with E-state index in [9.17, 15) is 0 Å². The Bertz CT molecular complexity index is 336. The fourth-order valence-corrected chi connectivity index (χ4v) is 1.00. The second kappa shape index (κ2) is 2.68. The highest BCUT2D eigenvalue weighted by molar-refractivity contribution is 7.80. The lowest BCUT2D eigenvalue weighted by molar-refractivity contribution is 0.564. The zero-order valence-corrected chi connectivity index (χ0v) is 6.59. The molecular weight excluding hydrogens is 162 g/mol. The van der Waals surface area contributed by atoms with Crippen molar-refractivity contribution in [3.8, 4) is 6.07 Å². The van der Waals surface area contributed by atoms with Gasteiger partial charge < -0.3 is 9.67 Å². The van der Waals surface area contributed by atoms with Gasteiger partial charge in [0.2, 0.25) is 5.05 Å². The van der Waals surface area contributed by atoms with E-state index in [1.807, 2.05) is 6.07 Å². The Labute approximate surface area is 68.7 Å². The summed E-state index contributed by atoms with van der Waals surface area (Å²) in [5.41, 5.74) is 0.447. The summed E-state index contributed by atoms with van der Waals surface area (Å²) in [6.45, 7) is 0. The Kier molecular flexibility index (Phi) is 1.87. The fourth-order valence-electron chi connectivity index (χ4n) is 0.764. The first-order valence-corrected chi connectivity index (χ1v) is 3.22. The summed E-state index contributed by atoms with van der Waals surface area (Å²) in [5, 5.41) is 17.1. The average molecular weight is 167 g/mol. The number of hydrogen-bond donors (Lipinski definition) is 1. The van der Waals surface area contributed by atoms with Crippen LogP contribution >= 0.6 is 12.2 Å². The number of aryl methyl sites for hydroxylation is 1. The maximum Gasteiger partial charge on any atom is 0.208 e. The Morgan fingerprint density at radius 3 is 2.91 bits per heavy atom. The lowest BCUT2D eigenvalue weighted by atomic mass is 10.3. The van der Waals surface area contributed by atoms with E-state index in [0.29, 0.717) is 5.69 Å². The maximum absolute atomic E-state index is 8.92. The molecule has 0 radical (unpaired) electrons. The van der Waals surface area contributed by atoms with Gasteiger partial charge in [-0.2, -0.15) is 5.26 Å². The predicted octanol–water partition coefficient (Wildman–Crippen LogP) is 0.525. The standard InChI is InChI=1S/C6H5N3OS/c1-9-3-8-4(2-7)5(9)6(10)11/h3H,1H3,(H,10,11). The smallest absolute Gasteiger partial charge is 0.208 e. The van der Waals surface area contributed by atoms with Gasteiger partial charge in [-0.1, -0.05) is 0 Å². The minimum Gasteiger partial charge on any atom is -0.497 e. The van der Waals surface area contributed by atoms with Gasteiger partial charge in [-0.05, 0) is 12.2 Å². The lowest BCUT2D eigenvalue weighted by Crippen LogP contribution is -2.04. The van der Waals surface area contributed by atoms with Gasteiger partial charge in [0.15, 0.2) is 5.69 Å². The summed E-state index contributed by atoms with van der Waals surface area (Å²) in [7, 11) is 1.66. The first-order valence-electron chi connectivity index (χ1n) is 2.81. The molecule has 0 amide bonds. The first kappa shape index (κ1) is 7.69. The molecule has 0 saturated carbocycles. The number of imidazole rings is 1. The number of thiocarbonyl (C=S) groups is 1. The zero-order chi connectivity index (χ0) is 8.43. The van der Waals surface area contributed by atoms with Crippen molar-refractivity contribution < 1.29 is 5.11 Å². The molecule has 0 unspecified atom stereocenters. The van der Waals surface area contributed by atoms with Crippen molar-refractivity contribution in [2.45, 2.75) is 0 Å². The molecular formula is C6H5N3OS. The van der Waals surface area contributed by atoms with Gasteiger partial charge in [-0.25, -0.2) is 4.98 Å². The van der Waals surface area contributed by atoms with Crippen LogP contribution < -0.4 is 0 Å². The molecule has 5 heteroatoms. The molecule has 0 atom stereocenters. The van der Waals surface area contributed by atoms with Gasteiger partial charge in [0, 0.05) is 7.05 Å². The molecule has 0 fully saturated rings. The van der Waals surface area contributed by atoms with Crippen molar-refractivity contribution in [1.82, 2.24) is 9.55 Å². The highest BCUT2D eigenvalue weighted by atomic mass is 32.1. The van der Waals surface area contributed by atoms with Gasteiger partial charge in [0.05, 0.1) is 6.33 Å². The van der Waals surface area contributed by atoms with E-state index < -0.39 is 0 Å². The molecule has 11 heavy (non-hydrogen) atoms. The van der Waals surface area contributed by atoms with Crippen LogP contribution in [0, 0.1) is 11.3 Å². The van der Waals surface area contributed by atoms with Crippen LogP contribution in [0.15, 0.2) is 6.33 Å². The third-order valence-electron chi connectivity index (χ3n) is 1.25. The molecule has 1 rings (SSSR count). The van der Waals surface area contributed by atoms with E-state index in [1.54, 1.807) is 7.05 Å². The number of aromatic nitrogens is 2. The van der Waals surface area contributed by atoms with Gasteiger partial charge >= 0.3 is 0 Å². The van der Waals surface area contributed by atoms with Crippen molar-refractivity contribution in [3.63, 3.8) is 0 Å². The molecule has 56 valence electrons. The number of aliphatic hydroxyl groups excluding tert-OH is 1. The van der Waals surface area contributed by atoms with Gasteiger partial charge in [0.1, 0.15) is 11.8 Å². The summed E-state index contributed by atoms with van der Waals surface area (Å²) in [6.07, 6.45) is 1.43. The predicted molar refractivity (Wildman–Crippen MR) is 42.3 cm³/mol. The van der Waals surface area contributed by atoms with Crippen LogP contribution in [0.1, 0.15) is 11.4 Å². The van der Waals surface area contributed by atoms with Crippen molar-refractivity contribution >= 4 is 17.3 Å². The summed E-state index contributed by atoms with van der Waals surface area (Å²) in [5.74, 6) is 0. The Balaban J connectivity index is 3.32. The van der Waals surface area contributed by atoms with E-state index in [4.69, 9.17) is 10.4 Å². The number of nitrogens with zero attached hydrogens (tertiary/aromatic N) is 3. The number of hydrogen-bond acceptors (Lipinski definition) is 3. The highest BCUT2D eigenvalue weighted by Gasteiger charge is 2.11. The summed E-state index contributed by atoms with van der Waals surface area (Å²) in [4.78, 5) is 3.71. The molecule has 1 aromatic rings. The molecule has 0 aliphatic rings. The Hall–Kier alpha value is -1.41. The molecule has 1 aromatic heterocycles. The minimum atomic E-state index is -0.304. The zero-order valence-electron chi connectivity index (χ0n) is 5.77. The van der Waals surface area contributed by atoms with E-state index in [2.05, 4.69) is 17.2 Å². The topological polar surface area (TPSA) is 61.8 Å². The average Bonchev–Trinajstić information content (AvgIpc) is 2.30. The lowest BCUT2D eigenvalue weighted by Gasteiger charge is -1.95. The molecule has 0 aromatic carbocycles. The SMILES string of the molecule is Cn1cnc(C#N)c1C(O)=S. The van der Waals surface area contributed by atoms with Crippen LogP contribution in [-0.4, -0.2) is 19.7 Å². The molecule has 0 aliphatic carbocycles. The van der Waals surface area contributed by atoms with E-state index in [1.165, 1.54) is 10.9 Å². The van der Waals surface area contributed by atoms with Crippen molar-refractivity contribution in [1.29, 1.82) is 5.26 Å².